The maximum Gasteiger partial charge on any atom is 0.241 e. The molecule has 1 saturated heterocycles. The van der Waals surface area contributed by atoms with Crippen LogP contribution in [0.15, 0.2) is 35.8 Å². The molecule has 1 aromatic carbocycles. The van der Waals surface area contributed by atoms with Gasteiger partial charge in [0.05, 0.1) is 6.04 Å². The number of hydrogen-bond donors (Lipinski definition) is 1. The molecule has 122 valence electrons. The average molecular weight is 351 g/mol. The number of piperazine rings is 1. The number of nitrogens with zero attached hydrogens (tertiary/aromatic N) is 3. The number of anilines is 2. The van der Waals surface area contributed by atoms with E-state index in [1.54, 1.807) is 23.5 Å². The highest BCUT2D eigenvalue weighted by Crippen LogP contribution is 2.20. The van der Waals surface area contributed by atoms with Crippen LogP contribution in [0.25, 0.3) is 0 Å². The molecule has 2 aromatic rings. The molecule has 1 amide bonds. The van der Waals surface area contributed by atoms with Gasteiger partial charge in [0.15, 0.2) is 5.13 Å². The Kier molecular flexibility index (Phi) is 5.15. The second kappa shape index (κ2) is 7.29. The molecule has 0 spiro atoms. The SMILES string of the molecule is C[C@H](C(=O)Nc1cccc(Cl)c1)N1CCN(c2nccs2)CC1. The standard InChI is InChI=1S/C16H19ClN4OS/c1-12(15(22)19-14-4-2-3-13(17)11-14)20-6-8-21(9-7-20)16-18-5-10-23-16/h2-5,10-12H,6-9H2,1H3,(H,19,22)/t12-/m1/s1. The Hall–Kier alpha value is -1.63. The molecule has 0 saturated carbocycles. The lowest BCUT2D eigenvalue weighted by atomic mass is 10.2. The van der Waals surface area contributed by atoms with Crippen molar-refractivity contribution >= 4 is 39.7 Å². The Balaban J connectivity index is 1.54. The highest BCUT2D eigenvalue weighted by molar-refractivity contribution is 7.13. The third-order valence-electron chi connectivity index (χ3n) is 4.02. The van der Waals surface area contributed by atoms with Gasteiger partial charge in [-0.05, 0) is 25.1 Å². The molecular weight excluding hydrogens is 332 g/mol. The van der Waals surface area contributed by atoms with Gasteiger partial charge in [0, 0.05) is 48.5 Å². The first-order valence-electron chi connectivity index (χ1n) is 7.58. The fourth-order valence-corrected chi connectivity index (χ4v) is 3.54. The predicted octanol–water partition coefficient (Wildman–Crippen LogP) is 2.95. The van der Waals surface area contributed by atoms with Crippen molar-refractivity contribution in [3.63, 3.8) is 0 Å². The molecule has 1 aliphatic heterocycles. The number of carbonyl (C=O) groups excluding carboxylic acids is 1. The summed E-state index contributed by atoms with van der Waals surface area (Å²) < 4.78 is 0. The first-order chi connectivity index (χ1) is 11.1. The van der Waals surface area contributed by atoms with Gasteiger partial charge in [-0.1, -0.05) is 17.7 Å². The van der Waals surface area contributed by atoms with E-state index < -0.39 is 0 Å². The molecule has 0 aliphatic carbocycles. The Morgan fingerprint density at radius 1 is 1.35 bits per heavy atom. The minimum absolute atomic E-state index is 0.00466. The molecule has 1 aromatic heterocycles. The smallest absolute Gasteiger partial charge is 0.241 e. The van der Waals surface area contributed by atoms with E-state index in [-0.39, 0.29) is 11.9 Å². The van der Waals surface area contributed by atoms with Crippen LogP contribution in [-0.2, 0) is 4.79 Å². The molecule has 1 N–H and O–H groups in total. The number of rotatable bonds is 4. The summed E-state index contributed by atoms with van der Waals surface area (Å²) in [6.45, 7) is 5.43. The lowest BCUT2D eigenvalue weighted by molar-refractivity contribution is -0.120. The Morgan fingerprint density at radius 3 is 2.78 bits per heavy atom. The molecule has 23 heavy (non-hydrogen) atoms. The summed E-state index contributed by atoms with van der Waals surface area (Å²) >= 11 is 7.60. The maximum atomic E-state index is 12.4. The summed E-state index contributed by atoms with van der Waals surface area (Å²) in [5.74, 6) is -0.00466. The largest absolute Gasteiger partial charge is 0.346 e. The topological polar surface area (TPSA) is 48.5 Å². The minimum atomic E-state index is -0.174. The Labute approximate surface area is 144 Å². The van der Waals surface area contributed by atoms with Crippen molar-refractivity contribution in [2.24, 2.45) is 0 Å². The van der Waals surface area contributed by atoms with Crippen LogP contribution in [0.2, 0.25) is 5.02 Å². The summed E-state index contributed by atoms with van der Waals surface area (Å²) in [6, 6.07) is 7.05. The second-order valence-electron chi connectivity index (χ2n) is 5.51. The first kappa shape index (κ1) is 16.2. The molecule has 2 heterocycles. The average Bonchev–Trinajstić information content (AvgIpc) is 3.09. The van der Waals surface area contributed by atoms with E-state index in [2.05, 4.69) is 20.1 Å². The Morgan fingerprint density at radius 2 is 2.13 bits per heavy atom. The number of benzene rings is 1. The number of nitrogens with one attached hydrogen (secondary N) is 1. The molecule has 3 rings (SSSR count). The van der Waals surface area contributed by atoms with Crippen molar-refractivity contribution in [2.45, 2.75) is 13.0 Å². The fraction of sp³-hybridized carbons (Fsp3) is 0.375. The van der Waals surface area contributed by atoms with Crippen molar-refractivity contribution < 1.29 is 4.79 Å². The van der Waals surface area contributed by atoms with Crippen LogP contribution in [0.4, 0.5) is 10.8 Å². The zero-order valence-electron chi connectivity index (χ0n) is 12.9. The summed E-state index contributed by atoms with van der Waals surface area (Å²) in [5, 5.41) is 6.59. The third kappa shape index (κ3) is 4.02. The summed E-state index contributed by atoms with van der Waals surface area (Å²) in [5.41, 5.74) is 0.732. The molecule has 7 heteroatoms. The number of carbonyl (C=O) groups is 1. The summed E-state index contributed by atoms with van der Waals surface area (Å²) in [4.78, 5) is 21.2. The molecule has 0 unspecified atom stereocenters. The van der Waals surface area contributed by atoms with E-state index in [4.69, 9.17) is 11.6 Å². The van der Waals surface area contributed by atoms with Crippen molar-refractivity contribution in [3.8, 4) is 0 Å². The van der Waals surface area contributed by atoms with E-state index >= 15 is 0 Å². The van der Waals surface area contributed by atoms with Gasteiger partial charge in [0.2, 0.25) is 5.91 Å². The predicted molar refractivity (Wildman–Crippen MR) is 95.4 cm³/mol. The second-order valence-corrected chi connectivity index (χ2v) is 6.82. The zero-order chi connectivity index (χ0) is 16.2. The number of amides is 1. The number of aromatic nitrogens is 1. The maximum absolute atomic E-state index is 12.4. The molecule has 1 aliphatic rings. The molecular formula is C16H19ClN4OS. The number of thiazole rings is 1. The molecule has 1 fully saturated rings. The quantitative estimate of drug-likeness (QED) is 0.921. The van der Waals surface area contributed by atoms with Gasteiger partial charge >= 0.3 is 0 Å². The van der Waals surface area contributed by atoms with Crippen LogP contribution < -0.4 is 10.2 Å². The monoisotopic (exact) mass is 350 g/mol. The van der Waals surface area contributed by atoms with Gasteiger partial charge < -0.3 is 10.2 Å². The van der Waals surface area contributed by atoms with Crippen molar-refractivity contribution in [1.82, 2.24) is 9.88 Å². The van der Waals surface area contributed by atoms with Gasteiger partial charge in [0.25, 0.3) is 0 Å². The first-order valence-corrected chi connectivity index (χ1v) is 8.84. The molecule has 0 radical (unpaired) electrons. The van der Waals surface area contributed by atoms with E-state index in [1.165, 1.54) is 0 Å². The van der Waals surface area contributed by atoms with Gasteiger partial charge in [-0.15, -0.1) is 11.3 Å². The molecule has 5 nitrogen and oxygen atoms in total. The lowest BCUT2D eigenvalue weighted by Gasteiger charge is -2.37. The third-order valence-corrected chi connectivity index (χ3v) is 5.09. The number of hydrogen-bond acceptors (Lipinski definition) is 5. The summed E-state index contributed by atoms with van der Waals surface area (Å²) in [7, 11) is 0. The van der Waals surface area contributed by atoms with E-state index in [9.17, 15) is 4.79 Å². The van der Waals surface area contributed by atoms with E-state index in [0.717, 1.165) is 37.0 Å². The highest BCUT2D eigenvalue weighted by Gasteiger charge is 2.26. The molecule has 0 bridgehead atoms. The van der Waals surface area contributed by atoms with Crippen LogP contribution in [0.3, 0.4) is 0 Å². The zero-order valence-corrected chi connectivity index (χ0v) is 14.5. The highest BCUT2D eigenvalue weighted by atomic mass is 35.5. The van der Waals surface area contributed by atoms with Gasteiger partial charge in [-0.25, -0.2) is 4.98 Å². The van der Waals surface area contributed by atoms with Gasteiger partial charge in [-0.2, -0.15) is 0 Å². The van der Waals surface area contributed by atoms with Crippen LogP contribution in [-0.4, -0.2) is 48.0 Å². The van der Waals surface area contributed by atoms with Crippen molar-refractivity contribution in [3.05, 3.63) is 40.9 Å². The van der Waals surface area contributed by atoms with E-state index in [0.29, 0.717) is 5.02 Å². The lowest BCUT2D eigenvalue weighted by Crippen LogP contribution is -2.52. The van der Waals surface area contributed by atoms with Crippen LogP contribution in [0.5, 0.6) is 0 Å². The van der Waals surface area contributed by atoms with Crippen LogP contribution in [0.1, 0.15) is 6.92 Å². The minimum Gasteiger partial charge on any atom is -0.346 e. The van der Waals surface area contributed by atoms with Crippen LogP contribution >= 0.6 is 22.9 Å². The van der Waals surface area contributed by atoms with Gasteiger partial charge in [-0.3, -0.25) is 9.69 Å². The summed E-state index contributed by atoms with van der Waals surface area (Å²) in [6.07, 6.45) is 1.83. The normalized spacial score (nSPS) is 17.0. The molecule has 1 atom stereocenters. The van der Waals surface area contributed by atoms with Crippen molar-refractivity contribution in [1.29, 1.82) is 0 Å². The fourth-order valence-electron chi connectivity index (χ4n) is 2.65. The van der Waals surface area contributed by atoms with E-state index in [1.807, 2.05) is 30.6 Å². The number of halogens is 1. The Bertz CT molecular complexity index is 656. The van der Waals surface area contributed by atoms with Gasteiger partial charge in [0.1, 0.15) is 0 Å². The van der Waals surface area contributed by atoms with Crippen molar-refractivity contribution in [2.75, 3.05) is 36.4 Å². The van der Waals surface area contributed by atoms with Crippen LogP contribution in [0, 0.1) is 0 Å².